The summed E-state index contributed by atoms with van der Waals surface area (Å²) in [6.45, 7) is 3.63. The molecule has 6 nitrogen and oxygen atoms in total. The first kappa shape index (κ1) is 20.0. The summed E-state index contributed by atoms with van der Waals surface area (Å²) in [5, 5.41) is 3.21. The zero-order valence-corrected chi connectivity index (χ0v) is 17.6. The summed E-state index contributed by atoms with van der Waals surface area (Å²) >= 11 is 1.36. The van der Waals surface area contributed by atoms with Crippen molar-refractivity contribution >= 4 is 32.2 Å². The van der Waals surface area contributed by atoms with Gasteiger partial charge in [0.1, 0.15) is 5.75 Å². The molecule has 0 radical (unpaired) electrons. The molecule has 8 heteroatoms. The Kier molecular flexibility index (Phi) is 5.53. The molecule has 0 aliphatic rings. The van der Waals surface area contributed by atoms with E-state index >= 15 is 0 Å². The molecule has 0 unspecified atom stereocenters. The van der Waals surface area contributed by atoms with Gasteiger partial charge in [-0.25, -0.2) is 13.4 Å². The van der Waals surface area contributed by atoms with Crippen molar-refractivity contribution in [3.63, 3.8) is 0 Å². The number of amides is 1. The van der Waals surface area contributed by atoms with E-state index in [1.807, 2.05) is 31.2 Å². The molecule has 3 rings (SSSR count). The summed E-state index contributed by atoms with van der Waals surface area (Å²) in [5.74, 6) is 0.353. The minimum Gasteiger partial charge on any atom is -0.497 e. The van der Waals surface area contributed by atoms with Gasteiger partial charge in [0.25, 0.3) is 5.91 Å². The number of anilines is 1. The zero-order valence-electron chi connectivity index (χ0n) is 15.9. The van der Waals surface area contributed by atoms with Crippen molar-refractivity contribution in [1.29, 1.82) is 0 Å². The lowest BCUT2D eigenvalue weighted by Crippen LogP contribution is -2.13. The minimum atomic E-state index is -3.41. The van der Waals surface area contributed by atoms with Crippen molar-refractivity contribution in [3.8, 4) is 17.0 Å². The van der Waals surface area contributed by atoms with Crippen molar-refractivity contribution in [2.24, 2.45) is 0 Å². The van der Waals surface area contributed by atoms with E-state index in [9.17, 15) is 13.2 Å². The molecule has 0 atom stereocenters. The van der Waals surface area contributed by atoms with Gasteiger partial charge in [-0.05, 0) is 55.8 Å². The number of methoxy groups -OCH3 is 1. The van der Waals surface area contributed by atoms with Gasteiger partial charge in [-0.15, -0.1) is 11.3 Å². The van der Waals surface area contributed by atoms with Crippen LogP contribution in [0.2, 0.25) is 0 Å². The number of benzene rings is 2. The van der Waals surface area contributed by atoms with E-state index < -0.39 is 15.7 Å². The van der Waals surface area contributed by atoms with Gasteiger partial charge < -0.3 is 4.74 Å². The highest BCUT2D eigenvalue weighted by Gasteiger charge is 2.17. The molecule has 0 saturated heterocycles. The monoisotopic (exact) mass is 416 g/mol. The largest absolute Gasteiger partial charge is 0.497 e. The average Bonchev–Trinajstić information content (AvgIpc) is 3.01. The molecular formula is C20H20N2O4S2. The Hall–Kier alpha value is -2.71. The van der Waals surface area contributed by atoms with Gasteiger partial charge >= 0.3 is 0 Å². The number of thiazole rings is 1. The SMILES string of the molecule is COc1ccc(-c2nc(NC(=O)c3ccc(C)c(S(C)(=O)=O)c3)sc2C)cc1. The van der Waals surface area contributed by atoms with E-state index in [2.05, 4.69) is 10.3 Å². The molecule has 146 valence electrons. The molecule has 0 fully saturated rings. The number of hydrogen-bond donors (Lipinski definition) is 1. The summed E-state index contributed by atoms with van der Waals surface area (Å²) in [6, 6.07) is 12.1. The summed E-state index contributed by atoms with van der Waals surface area (Å²) in [7, 11) is -1.80. The molecule has 0 saturated carbocycles. The molecule has 1 heterocycles. The highest BCUT2D eigenvalue weighted by atomic mass is 32.2. The maximum atomic E-state index is 12.6. The maximum absolute atomic E-state index is 12.6. The summed E-state index contributed by atoms with van der Waals surface area (Å²) in [6.07, 6.45) is 1.13. The van der Waals surface area contributed by atoms with E-state index in [0.717, 1.165) is 28.1 Å². The fourth-order valence-corrected chi connectivity index (χ4v) is 4.60. The number of hydrogen-bond acceptors (Lipinski definition) is 6. The fourth-order valence-electron chi connectivity index (χ4n) is 2.78. The third kappa shape index (κ3) is 4.23. The first-order valence-corrected chi connectivity index (χ1v) is 11.1. The highest BCUT2D eigenvalue weighted by Crippen LogP contribution is 2.31. The van der Waals surface area contributed by atoms with Gasteiger partial charge in [-0.2, -0.15) is 0 Å². The van der Waals surface area contributed by atoms with Crippen molar-refractivity contribution in [2.45, 2.75) is 18.7 Å². The maximum Gasteiger partial charge on any atom is 0.257 e. The van der Waals surface area contributed by atoms with Crippen LogP contribution in [0, 0.1) is 13.8 Å². The van der Waals surface area contributed by atoms with Crippen LogP contribution in [-0.4, -0.2) is 32.7 Å². The number of carbonyl (C=O) groups is 1. The topological polar surface area (TPSA) is 85.4 Å². The zero-order chi connectivity index (χ0) is 20.5. The third-order valence-electron chi connectivity index (χ3n) is 4.23. The second kappa shape index (κ2) is 7.73. The van der Waals surface area contributed by atoms with Gasteiger partial charge in [0.15, 0.2) is 15.0 Å². The second-order valence-corrected chi connectivity index (χ2v) is 9.55. The predicted molar refractivity (Wildman–Crippen MR) is 111 cm³/mol. The van der Waals surface area contributed by atoms with Crippen LogP contribution in [0.15, 0.2) is 47.4 Å². The lowest BCUT2D eigenvalue weighted by molar-refractivity contribution is 0.102. The average molecular weight is 417 g/mol. The first-order valence-electron chi connectivity index (χ1n) is 8.43. The number of aryl methyl sites for hydroxylation is 2. The van der Waals surface area contributed by atoms with Crippen LogP contribution in [0.25, 0.3) is 11.3 Å². The van der Waals surface area contributed by atoms with E-state index in [0.29, 0.717) is 10.7 Å². The number of rotatable bonds is 5. The molecule has 0 bridgehead atoms. The van der Waals surface area contributed by atoms with Gasteiger partial charge in [-0.1, -0.05) is 6.07 Å². The van der Waals surface area contributed by atoms with Crippen molar-refractivity contribution in [3.05, 3.63) is 58.5 Å². The summed E-state index contributed by atoms with van der Waals surface area (Å²) in [5.41, 5.74) is 2.57. The van der Waals surface area contributed by atoms with Crippen molar-refractivity contribution < 1.29 is 17.9 Å². The molecule has 1 N–H and O–H groups in total. The first-order chi connectivity index (χ1) is 13.2. The Labute approximate surface area is 168 Å². The number of sulfone groups is 1. The van der Waals surface area contributed by atoms with E-state index in [-0.39, 0.29) is 10.5 Å². The Balaban J connectivity index is 1.85. The summed E-state index contributed by atoms with van der Waals surface area (Å²) in [4.78, 5) is 18.2. The fraction of sp³-hybridized carbons (Fsp3) is 0.200. The van der Waals surface area contributed by atoms with E-state index in [1.54, 1.807) is 26.2 Å². The Bertz CT molecular complexity index is 1130. The van der Waals surface area contributed by atoms with Gasteiger partial charge in [0, 0.05) is 22.3 Å². The van der Waals surface area contributed by atoms with Crippen molar-refractivity contribution in [1.82, 2.24) is 4.98 Å². The van der Waals surface area contributed by atoms with Crippen LogP contribution in [0.1, 0.15) is 20.8 Å². The molecule has 2 aromatic carbocycles. The Morgan fingerprint density at radius 3 is 2.39 bits per heavy atom. The molecule has 3 aromatic rings. The third-order valence-corrected chi connectivity index (χ3v) is 6.36. The van der Waals surface area contributed by atoms with Gasteiger partial charge in [-0.3, -0.25) is 10.1 Å². The van der Waals surface area contributed by atoms with Gasteiger partial charge in [0.2, 0.25) is 0 Å². The Morgan fingerprint density at radius 2 is 1.79 bits per heavy atom. The van der Waals surface area contributed by atoms with Crippen LogP contribution >= 0.6 is 11.3 Å². The molecule has 0 spiro atoms. The molecule has 1 aromatic heterocycles. The van der Waals surface area contributed by atoms with Gasteiger partial charge in [0.05, 0.1) is 17.7 Å². The smallest absolute Gasteiger partial charge is 0.257 e. The second-order valence-electron chi connectivity index (χ2n) is 6.36. The molecule has 0 aliphatic carbocycles. The van der Waals surface area contributed by atoms with E-state index in [4.69, 9.17) is 4.74 Å². The lowest BCUT2D eigenvalue weighted by atomic mass is 10.1. The van der Waals surface area contributed by atoms with Crippen molar-refractivity contribution in [2.75, 3.05) is 18.7 Å². The quantitative estimate of drug-likeness (QED) is 0.677. The Morgan fingerprint density at radius 1 is 1.11 bits per heavy atom. The minimum absolute atomic E-state index is 0.148. The standard InChI is InChI=1S/C20H20N2O4S2/c1-12-5-6-15(11-17(12)28(4,24)25)19(23)22-20-21-18(13(2)27-20)14-7-9-16(26-3)10-8-14/h5-11H,1-4H3,(H,21,22,23). The highest BCUT2D eigenvalue weighted by molar-refractivity contribution is 7.90. The van der Waals surface area contributed by atoms with E-state index in [1.165, 1.54) is 17.4 Å². The van der Waals surface area contributed by atoms with Crippen LogP contribution < -0.4 is 10.1 Å². The number of nitrogens with one attached hydrogen (secondary N) is 1. The predicted octanol–water partition coefficient (Wildman–Crippen LogP) is 4.09. The molecule has 0 aliphatic heterocycles. The number of carbonyl (C=O) groups excluding carboxylic acids is 1. The molecular weight excluding hydrogens is 396 g/mol. The summed E-state index contributed by atoms with van der Waals surface area (Å²) < 4.78 is 28.9. The van der Waals surface area contributed by atoms with Crippen LogP contribution in [-0.2, 0) is 9.84 Å². The number of ether oxygens (including phenoxy) is 1. The number of nitrogens with zero attached hydrogens (tertiary/aromatic N) is 1. The molecule has 1 amide bonds. The normalized spacial score (nSPS) is 11.3. The lowest BCUT2D eigenvalue weighted by Gasteiger charge is -2.07. The van der Waals surface area contributed by atoms with Crippen LogP contribution in [0.3, 0.4) is 0 Å². The van der Waals surface area contributed by atoms with Crippen LogP contribution in [0.4, 0.5) is 5.13 Å². The van der Waals surface area contributed by atoms with Crippen LogP contribution in [0.5, 0.6) is 5.75 Å². The molecule has 28 heavy (non-hydrogen) atoms. The number of aromatic nitrogens is 1.